The third-order valence-corrected chi connectivity index (χ3v) is 11.8. The molecule has 35 heavy (non-hydrogen) atoms. The first-order valence-electron chi connectivity index (χ1n) is 14.4. The minimum atomic E-state index is -0.319. The number of halogens is 1. The van der Waals surface area contributed by atoms with Crippen molar-refractivity contribution in [2.45, 2.75) is 103 Å². The lowest BCUT2D eigenvalue weighted by atomic mass is 9.44. The molecule has 0 spiro atoms. The quantitative estimate of drug-likeness (QED) is 0.548. The highest BCUT2D eigenvalue weighted by Gasteiger charge is 2.59. The third kappa shape index (κ3) is 3.86. The van der Waals surface area contributed by atoms with Crippen LogP contribution >= 0.6 is 0 Å². The number of carbonyl (C=O) groups is 1. The number of hydrogen-bond donors (Lipinski definition) is 1. The smallest absolute Gasteiger partial charge is 0.228 e. The Morgan fingerprint density at radius 2 is 1.91 bits per heavy atom. The van der Waals surface area contributed by atoms with Gasteiger partial charge in [0.2, 0.25) is 5.91 Å². The number of fused-ring (bicyclic) bond motifs is 6. The van der Waals surface area contributed by atoms with Crippen LogP contribution in [0.5, 0.6) is 0 Å². The molecular weight excluding hydrogens is 439 g/mol. The molecule has 4 aliphatic carbocycles. The van der Waals surface area contributed by atoms with Gasteiger partial charge < -0.3 is 5.11 Å². The van der Waals surface area contributed by atoms with Gasteiger partial charge in [-0.3, -0.25) is 9.69 Å². The summed E-state index contributed by atoms with van der Waals surface area (Å²) in [7, 11) is 0. The lowest BCUT2D eigenvalue weighted by molar-refractivity contribution is -0.127. The molecule has 1 aromatic rings. The topological polar surface area (TPSA) is 53.4 Å². The molecule has 0 saturated heterocycles. The first kappa shape index (κ1) is 23.9. The van der Waals surface area contributed by atoms with Crippen molar-refractivity contribution in [2.24, 2.45) is 40.4 Å². The summed E-state index contributed by atoms with van der Waals surface area (Å²) in [6.45, 7) is 5.79. The standard InChI is InChI=1S/C30H43FN2O2/c1-29-14-11-26-24(8-6-21-17-23(34)10-13-30(21,26)2)25(29)9-7-20(29)4-3-5-27(35)33-15-12-19-16-22(31)18-32-28(19)33/h16,18,20-21,23-26,34H,3-15,17H2,1-2H3/t20?,21?,23-,24?,25?,26?,29?,30?/m1/s1. The van der Waals surface area contributed by atoms with E-state index in [0.717, 1.165) is 60.8 Å². The van der Waals surface area contributed by atoms with E-state index in [4.69, 9.17) is 0 Å². The number of aromatic nitrogens is 1. The Morgan fingerprint density at radius 1 is 1.11 bits per heavy atom. The second-order valence-electron chi connectivity index (χ2n) is 13.2. The first-order chi connectivity index (χ1) is 16.8. The van der Waals surface area contributed by atoms with Crippen molar-refractivity contribution < 1.29 is 14.3 Å². The minimum Gasteiger partial charge on any atom is -0.393 e. The fourth-order valence-electron chi connectivity index (χ4n) is 9.94. The van der Waals surface area contributed by atoms with Gasteiger partial charge in [-0.1, -0.05) is 13.8 Å². The summed E-state index contributed by atoms with van der Waals surface area (Å²) in [4.78, 5) is 19.0. The zero-order chi connectivity index (χ0) is 24.4. The number of anilines is 1. The molecule has 4 fully saturated rings. The third-order valence-electron chi connectivity index (χ3n) is 11.8. The normalized spacial score (nSPS) is 42.2. The van der Waals surface area contributed by atoms with Crippen LogP contribution < -0.4 is 4.90 Å². The first-order valence-corrected chi connectivity index (χ1v) is 14.4. The average Bonchev–Trinajstić information content (AvgIpc) is 3.40. The molecule has 0 radical (unpaired) electrons. The van der Waals surface area contributed by atoms with Crippen molar-refractivity contribution >= 4 is 11.7 Å². The van der Waals surface area contributed by atoms with Gasteiger partial charge >= 0.3 is 0 Å². The zero-order valence-corrected chi connectivity index (χ0v) is 21.6. The van der Waals surface area contributed by atoms with Crippen molar-refractivity contribution in [3.05, 3.63) is 23.6 Å². The predicted molar refractivity (Wildman–Crippen MR) is 135 cm³/mol. The maximum atomic E-state index is 13.5. The van der Waals surface area contributed by atoms with Gasteiger partial charge in [-0.2, -0.15) is 0 Å². The van der Waals surface area contributed by atoms with Gasteiger partial charge in [0.05, 0.1) is 12.3 Å². The summed E-state index contributed by atoms with van der Waals surface area (Å²) in [6.07, 6.45) is 15.9. The van der Waals surface area contributed by atoms with E-state index in [1.165, 1.54) is 57.2 Å². The number of rotatable bonds is 4. The molecule has 0 aromatic carbocycles. The fourth-order valence-corrected chi connectivity index (χ4v) is 9.94. The molecule has 192 valence electrons. The highest BCUT2D eigenvalue weighted by Crippen LogP contribution is 2.67. The van der Waals surface area contributed by atoms with Crippen LogP contribution in [0, 0.1) is 46.2 Å². The average molecular weight is 483 g/mol. The Labute approximate surface area is 210 Å². The molecule has 1 amide bonds. The maximum Gasteiger partial charge on any atom is 0.228 e. The molecule has 5 heteroatoms. The minimum absolute atomic E-state index is 0.0666. The van der Waals surface area contributed by atoms with Crippen LogP contribution in [0.1, 0.15) is 96.5 Å². The maximum absolute atomic E-state index is 13.5. The van der Waals surface area contributed by atoms with Gasteiger partial charge in [0.25, 0.3) is 0 Å². The zero-order valence-electron chi connectivity index (χ0n) is 21.6. The number of pyridine rings is 1. The van der Waals surface area contributed by atoms with E-state index in [2.05, 4.69) is 18.8 Å². The molecule has 1 N–H and O–H groups in total. The van der Waals surface area contributed by atoms with Crippen LogP contribution in [0.3, 0.4) is 0 Å². The molecule has 7 unspecified atom stereocenters. The number of aliphatic hydroxyl groups excluding tert-OH is 1. The second kappa shape index (κ2) is 8.82. The van der Waals surface area contributed by atoms with Crippen molar-refractivity contribution in [3.63, 3.8) is 0 Å². The molecule has 4 nitrogen and oxygen atoms in total. The highest BCUT2D eigenvalue weighted by molar-refractivity contribution is 5.94. The van der Waals surface area contributed by atoms with Crippen LogP contribution in [0.25, 0.3) is 0 Å². The Hall–Kier alpha value is -1.49. The molecule has 5 aliphatic rings. The lowest BCUT2D eigenvalue weighted by Crippen LogP contribution is -2.53. The largest absolute Gasteiger partial charge is 0.393 e. The number of carbonyl (C=O) groups excluding carboxylic acids is 1. The monoisotopic (exact) mass is 482 g/mol. The summed E-state index contributed by atoms with van der Waals surface area (Å²) in [5, 5.41) is 10.3. The van der Waals surface area contributed by atoms with Crippen LogP contribution in [0.2, 0.25) is 0 Å². The van der Waals surface area contributed by atoms with Gasteiger partial charge in [-0.05, 0) is 129 Å². The summed E-state index contributed by atoms with van der Waals surface area (Å²) in [5.41, 5.74) is 1.73. The van der Waals surface area contributed by atoms with Crippen LogP contribution in [-0.2, 0) is 11.2 Å². The lowest BCUT2D eigenvalue weighted by Gasteiger charge is -2.61. The van der Waals surface area contributed by atoms with Gasteiger partial charge in [0, 0.05) is 13.0 Å². The van der Waals surface area contributed by atoms with Crippen molar-refractivity contribution in [2.75, 3.05) is 11.4 Å². The van der Waals surface area contributed by atoms with Gasteiger partial charge in [0.1, 0.15) is 11.6 Å². The van der Waals surface area contributed by atoms with E-state index in [-0.39, 0.29) is 17.8 Å². The summed E-state index contributed by atoms with van der Waals surface area (Å²) >= 11 is 0. The Kier molecular flexibility index (Phi) is 6.02. The van der Waals surface area contributed by atoms with E-state index >= 15 is 0 Å². The molecule has 2 heterocycles. The SMILES string of the molecule is CC12CCC3C(CCC4C[C@H](O)CCC43C)C1CCC2CCCC(=O)N1CCc2cc(F)cnc21. The molecular formula is C30H43FN2O2. The van der Waals surface area contributed by atoms with Crippen molar-refractivity contribution in [1.29, 1.82) is 0 Å². The molecule has 0 bridgehead atoms. The Bertz CT molecular complexity index is 983. The van der Waals surface area contributed by atoms with E-state index in [9.17, 15) is 14.3 Å². The number of aliphatic hydroxyl groups is 1. The van der Waals surface area contributed by atoms with Gasteiger partial charge in [0.15, 0.2) is 0 Å². The van der Waals surface area contributed by atoms with Crippen LogP contribution in [0.15, 0.2) is 12.3 Å². The fraction of sp³-hybridized carbons (Fsp3) is 0.800. The predicted octanol–water partition coefficient (Wildman–Crippen LogP) is 6.30. The molecule has 1 aliphatic heterocycles. The highest BCUT2D eigenvalue weighted by atomic mass is 19.1. The van der Waals surface area contributed by atoms with Gasteiger partial charge in [-0.25, -0.2) is 9.37 Å². The van der Waals surface area contributed by atoms with Crippen molar-refractivity contribution in [1.82, 2.24) is 4.98 Å². The van der Waals surface area contributed by atoms with E-state index in [1.54, 1.807) is 4.90 Å². The molecule has 4 saturated carbocycles. The van der Waals surface area contributed by atoms with E-state index in [1.807, 2.05) is 0 Å². The number of amides is 1. The number of nitrogens with zero attached hydrogens (tertiary/aromatic N) is 2. The number of hydrogen-bond acceptors (Lipinski definition) is 3. The Morgan fingerprint density at radius 3 is 2.77 bits per heavy atom. The van der Waals surface area contributed by atoms with Crippen LogP contribution in [-0.4, -0.2) is 28.6 Å². The van der Waals surface area contributed by atoms with E-state index in [0.29, 0.717) is 36.0 Å². The van der Waals surface area contributed by atoms with Crippen LogP contribution in [0.4, 0.5) is 10.2 Å². The van der Waals surface area contributed by atoms with E-state index < -0.39 is 0 Å². The Balaban J connectivity index is 1.07. The second-order valence-corrected chi connectivity index (χ2v) is 13.2. The van der Waals surface area contributed by atoms with Gasteiger partial charge in [-0.15, -0.1) is 0 Å². The summed E-state index contributed by atoms with van der Waals surface area (Å²) in [6, 6.07) is 1.52. The molecule has 6 rings (SSSR count). The van der Waals surface area contributed by atoms with Crippen molar-refractivity contribution in [3.8, 4) is 0 Å². The molecule has 1 aromatic heterocycles. The summed E-state index contributed by atoms with van der Waals surface area (Å²) < 4.78 is 13.5. The summed E-state index contributed by atoms with van der Waals surface area (Å²) in [5.74, 6) is 4.51. The molecule has 8 atom stereocenters.